The summed E-state index contributed by atoms with van der Waals surface area (Å²) in [6.45, 7) is 4.85. The third-order valence-electron chi connectivity index (χ3n) is 2.32. The van der Waals surface area contributed by atoms with Crippen molar-refractivity contribution >= 4 is 5.91 Å². The average Bonchev–Trinajstić information content (AvgIpc) is 2.57. The number of carbonyl (C=O) groups excluding carboxylic acids is 1. The van der Waals surface area contributed by atoms with Gasteiger partial charge in [0.1, 0.15) is 5.60 Å². The quantitative estimate of drug-likeness (QED) is 0.692. The second kappa shape index (κ2) is 4.07. The van der Waals surface area contributed by atoms with Crippen LogP contribution in [0.4, 0.5) is 0 Å². The highest BCUT2D eigenvalue weighted by molar-refractivity contribution is 5.84. The van der Waals surface area contributed by atoms with Crippen molar-refractivity contribution in [2.75, 3.05) is 20.3 Å². The van der Waals surface area contributed by atoms with Gasteiger partial charge in [0.25, 0.3) is 5.91 Å². The molecular formula is C9H17NO3. The molecule has 1 amide bonds. The van der Waals surface area contributed by atoms with Crippen LogP contribution in [0.25, 0.3) is 0 Å². The molecule has 0 aliphatic carbocycles. The Balaban J connectivity index is 2.39. The van der Waals surface area contributed by atoms with E-state index in [-0.39, 0.29) is 11.9 Å². The third-order valence-corrected chi connectivity index (χ3v) is 2.32. The third kappa shape index (κ3) is 2.67. The van der Waals surface area contributed by atoms with Crippen LogP contribution in [0.5, 0.6) is 0 Å². The zero-order valence-corrected chi connectivity index (χ0v) is 8.42. The van der Waals surface area contributed by atoms with Gasteiger partial charge in [-0.1, -0.05) is 0 Å². The number of methoxy groups -OCH3 is 1. The van der Waals surface area contributed by atoms with Crippen LogP contribution in [-0.2, 0) is 14.3 Å². The molecule has 13 heavy (non-hydrogen) atoms. The van der Waals surface area contributed by atoms with Crippen LogP contribution in [0.3, 0.4) is 0 Å². The number of amides is 1. The first-order valence-electron chi connectivity index (χ1n) is 4.50. The molecular weight excluding hydrogens is 170 g/mol. The first kappa shape index (κ1) is 10.5. The average molecular weight is 187 g/mol. The van der Waals surface area contributed by atoms with Crippen molar-refractivity contribution in [1.29, 1.82) is 0 Å². The van der Waals surface area contributed by atoms with Crippen molar-refractivity contribution in [3.63, 3.8) is 0 Å². The van der Waals surface area contributed by atoms with Crippen LogP contribution >= 0.6 is 0 Å². The van der Waals surface area contributed by atoms with E-state index in [4.69, 9.17) is 9.47 Å². The molecule has 4 nitrogen and oxygen atoms in total. The molecule has 0 aromatic carbocycles. The smallest absolute Gasteiger partial charge is 0.251 e. The fraction of sp³-hybridized carbons (Fsp3) is 0.889. The summed E-state index contributed by atoms with van der Waals surface area (Å²) in [4.78, 5) is 11.6. The Morgan fingerprint density at radius 3 is 2.77 bits per heavy atom. The van der Waals surface area contributed by atoms with Crippen molar-refractivity contribution in [2.24, 2.45) is 0 Å². The number of hydrogen-bond donors (Lipinski definition) is 1. The van der Waals surface area contributed by atoms with Gasteiger partial charge in [0.15, 0.2) is 0 Å². The van der Waals surface area contributed by atoms with E-state index in [0.29, 0.717) is 6.61 Å². The molecule has 1 fully saturated rings. The minimum absolute atomic E-state index is 0.0782. The van der Waals surface area contributed by atoms with Crippen LogP contribution in [0, 0.1) is 0 Å². The Morgan fingerprint density at radius 2 is 2.31 bits per heavy atom. The summed E-state index contributed by atoms with van der Waals surface area (Å²) >= 11 is 0. The highest BCUT2D eigenvalue weighted by Gasteiger charge is 2.29. The Labute approximate surface area is 78.6 Å². The lowest BCUT2D eigenvalue weighted by Crippen LogP contribution is -2.48. The largest absolute Gasteiger partial charge is 0.379 e. The van der Waals surface area contributed by atoms with Crippen LogP contribution in [0.2, 0.25) is 0 Å². The van der Waals surface area contributed by atoms with E-state index in [0.717, 1.165) is 13.0 Å². The zero-order valence-electron chi connectivity index (χ0n) is 8.42. The standard InChI is InChI=1S/C9H17NO3/c1-9(2,12-3)8(11)10-7-4-5-13-6-7/h7H,4-6H2,1-3H3,(H,10,11). The predicted octanol–water partition coefficient (Wildman–Crippen LogP) is 0.317. The Bertz CT molecular complexity index is 185. The molecule has 1 aliphatic rings. The minimum atomic E-state index is -0.747. The topological polar surface area (TPSA) is 47.6 Å². The van der Waals surface area contributed by atoms with E-state index < -0.39 is 5.60 Å². The van der Waals surface area contributed by atoms with Gasteiger partial charge in [0.05, 0.1) is 12.6 Å². The van der Waals surface area contributed by atoms with E-state index in [1.807, 2.05) is 0 Å². The number of hydrogen-bond acceptors (Lipinski definition) is 3. The second-order valence-corrected chi connectivity index (χ2v) is 3.75. The highest BCUT2D eigenvalue weighted by atomic mass is 16.5. The molecule has 1 atom stereocenters. The summed E-state index contributed by atoms with van der Waals surface area (Å²) in [6, 6.07) is 0.155. The number of ether oxygens (including phenoxy) is 2. The minimum Gasteiger partial charge on any atom is -0.379 e. The summed E-state index contributed by atoms with van der Waals surface area (Å²) in [5.41, 5.74) is -0.747. The zero-order chi connectivity index (χ0) is 9.90. The molecule has 4 heteroatoms. The van der Waals surface area contributed by atoms with Gasteiger partial charge in [-0.05, 0) is 20.3 Å². The Kier molecular flexibility index (Phi) is 3.27. The lowest BCUT2D eigenvalue weighted by molar-refractivity contribution is -0.140. The van der Waals surface area contributed by atoms with Gasteiger partial charge in [-0.25, -0.2) is 0 Å². The fourth-order valence-corrected chi connectivity index (χ4v) is 1.10. The Morgan fingerprint density at radius 1 is 1.62 bits per heavy atom. The lowest BCUT2D eigenvalue weighted by Gasteiger charge is -2.23. The number of carbonyl (C=O) groups is 1. The van der Waals surface area contributed by atoms with Gasteiger partial charge in [-0.2, -0.15) is 0 Å². The van der Waals surface area contributed by atoms with Gasteiger partial charge in [-0.3, -0.25) is 4.79 Å². The summed E-state index contributed by atoms with van der Waals surface area (Å²) < 4.78 is 10.2. The molecule has 0 bridgehead atoms. The molecule has 0 aromatic rings. The van der Waals surface area contributed by atoms with Crippen molar-refractivity contribution in [3.8, 4) is 0 Å². The maximum absolute atomic E-state index is 11.6. The molecule has 1 N–H and O–H groups in total. The first-order chi connectivity index (χ1) is 6.06. The van der Waals surface area contributed by atoms with E-state index in [1.165, 1.54) is 7.11 Å². The summed E-state index contributed by atoms with van der Waals surface area (Å²) in [7, 11) is 1.53. The molecule has 1 unspecified atom stereocenters. The van der Waals surface area contributed by atoms with Crippen molar-refractivity contribution in [3.05, 3.63) is 0 Å². The monoisotopic (exact) mass is 187 g/mol. The fourth-order valence-electron chi connectivity index (χ4n) is 1.10. The molecule has 0 aromatic heterocycles. The van der Waals surface area contributed by atoms with Crippen molar-refractivity contribution in [2.45, 2.75) is 31.9 Å². The van der Waals surface area contributed by atoms with Gasteiger partial charge in [0.2, 0.25) is 0 Å². The Hall–Kier alpha value is -0.610. The molecule has 1 heterocycles. The number of rotatable bonds is 3. The molecule has 0 saturated carbocycles. The van der Waals surface area contributed by atoms with Gasteiger partial charge < -0.3 is 14.8 Å². The first-order valence-corrected chi connectivity index (χ1v) is 4.50. The van der Waals surface area contributed by atoms with Gasteiger partial charge >= 0.3 is 0 Å². The maximum Gasteiger partial charge on any atom is 0.251 e. The number of nitrogens with one attached hydrogen (secondary N) is 1. The van der Waals surface area contributed by atoms with E-state index in [2.05, 4.69) is 5.32 Å². The second-order valence-electron chi connectivity index (χ2n) is 3.75. The molecule has 1 aliphatic heterocycles. The molecule has 0 radical (unpaired) electrons. The summed E-state index contributed by atoms with van der Waals surface area (Å²) in [6.07, 6.45) is 0.894. The van der Waals surface area contributed by atoms with Crippen LogP contribution in [0.1, 0.15) is 20.3 Å². The van der Waals surface area contributed by atoms with Crippen LogP contribution < -0.4 is 5.32 Å². The molecule has 76 valence electrons. The normalized spacial score (nSPS) is 23.2. The van der Waals surface area contributed by atoms with E-state index in [9.17, 15) is 4.79 Å². The summed E-state index contributed by atoms with van der Waals surface area (Å²) in [5, 5.41) is 2.88. The van der Waals surface area contributed by atoms with E-state index >= 15 is 0 Å². The SMILES string of the molecule is COC(C)(C)C(=O)NC1CCOC1. The highest BCUT2D eigenvalue weighted by Crippen LogP contribution is 2.10. The lowest BCUT2D eigenvalue weighted by atomic mass is 10.1. The van der Waals surface area contributed by atoms with Crippen molar-refractivity contribution in [1.82, 2.24) is 5.32 Å². The molecule has 1 saturated heterocycles. The van der Waals surface area contributed by atoms with Gasteiger partial charge in [0, 0.05) is 13.7 Å². The van der Waals surface area contributed by atoms with Gasteiger partial charge in [-0.15, -0.1) is 0 Å². The maximum atomic E-state index is 11.6. The molecule has 0 spiro atoms. The predicted molar refractivity (Wildman–Crippen MR) is 48.5 cm³/mol. The van der Waals surface area contributed by atoms with Crippen LogP contribution in [0.15, 0.2) is 0 Å². The van der Waals surface area contributed by atoms with Crippen LogP contribution in [-0.4, -0.2) is 37.9 Å². The molecule has 1 rings (SSSR count). The van der Waals surface area contributed by atoms with E-state index in [1.54, 1.807) is 13.8 Å². The summed E-state index contributed by atoms with van der Waals surface area (Å²) in [5.74, 6) is -0.0782. The van der Waals surface area contributed by atoms with Crippen molar-refractivity contribution < 1.29 is 14.3 Å².